The first-order valence-electron chi connectivity index (χ1n) is 5.73. The van der Waals surface area contributed by atoms with Gasteiger partial charge in [0.25, 0.3) is 0 Å². The van der Waals surface area contributed by atoms with E-state index in [0.717, 1.165) is 12.2 Å². The van der Waals surface area contributed by atoms with Crippen LogP contribution in [0.3, 0.4) is 0 Å². The number of rotatable bonds is 4. The summed E-state index contributed by atoms with van der Waals surface area (Å²) in [5.41, 5.74) is 3.30. The summed E-state index contributed by atoms with van der Waals surface area (Å²) in [4.78, 5) is 0. The van der Waals surface area contributed by atoms with Crippen LogP contribution in [0.25, 0.3) is 0 Å². The summed E-state index contributed by atoms with van der Waals surface area (Å²) in [6, 6.07) is 4.27. The van der Waals surface area contributed by atoms with E-state index >= 15 is 0 Å². The number of hydrogen-bond donors (Lipinski definition) is 2. The molecule has 1 saturated carbocycles. The van der Waals surface area contributed by atoms with E-state index in [1.54, 1.807) is 6.26 Å². The maximum Gasteiger partial charge on any atom is 0.105 e. The predicted molar refractivity (Wildman–Crippen MR) is 60.1 cm³/mol. The molecule has 1 unspecified atom stereocenters. The maximum atomic E-state index is 5.66. The zero-order valence-electron chi connectivity index (χ0n) is 9.33. The van der Waals surface area contributed by atoms with Gasteiger partial charge in [-0.25, -0.2) is 0 Å². The van der Waals surface area contributed by atoms with Gasteiger partial charge >= 0.3 is 0 Å². The lowest BCUT2D eigenvalue weighted by molar-refractivity contribution is 0.213. The zero-order chi connectivity index (χ0) is 10.7. The lowest BCUT2D eigenvalue weighted by Crippen LogP contribution is -2.47. The van der Waals surface area contributed by atoms with Crippen LogP contribution in [0.2, 0.25) is 0 Å². The van der Waals surface area contributed by atoms with Gasteiger partial charge in [0, 0.05) is 12.5 Å². The van der Waals surface area contributed by atoms with E-state index in [9.17, 15) is 0 Å². The van der Waals surface area contributed by atoms with Gasteiger partial charge in [0.15, 0.2) is 0 Å². The number of nitrogens with one attached hydrogen (secondary N) is 1. The maximum absolute atomic E-state index is 5.66. The molecule has 3 heteroatoms. The summed E-state index contributed by atoms with van der Waals surface area (Å²) in [6.07, 6.45) is 7.80. The van der Waals surface area contributed by atoms with Crippen molar-refractivity contribution in [1.82, 2.24) is 5.43 Å². The van der Waals surface area contributed by atoms with Gasteiger partial charge in [-0.1, -0.05) is 19.8 Å². The molecule has 15 heavy (non-hydrogen) atoms. The summed E-state index contributed by atoms with van der Waals surface area (Å²) in [5.74, 6) is 6.68. The van der Waals surface area contributed by atoms with Crippen molar-refractivity contribution in [3.8, 4) is 0 Å². The Labute approximate surface area is 91.0 Å². The first kappa shape index (κ1) is 10.7. The second kappa shape index (κ2) is 4.37. The second-order valence-corrected chi connectivity index (χ2v) is 4.86. The molecule has 0 bridgehead atoms. The Morgan fingerprint density at radius 1 is 1.53 bits per heavy atom. The Bertz CT molecular complexity index is 289. The van der Waals surface area contributed by atoms with Gasteiger partial charge in [0.05, 0.1) is 6.26 Å². The van der Waals surface area contributed by atoms with Crippen molar-refractivity contribution in [3.05, 3.63) is 24.2 Å². The quantitative estimate of drug-likeness (QED) is 0.589. The van der Waals surface area contributed by atoms with Crippen LogP contribution >= 0.6 is 0 Å². The molecule has 0 saturated heterocycles. The molecule has 1 atom stereocenters. The highest BCUT2D eigenvalue weighted by Crippen LogP contribution is 2.41. The third-order valence-corrected chi connectivity index (χ3v) is 3.77. The van der Waals surface area contributed by atoms with Crippen LogP contribution in [0, 0.1) is 5.41 Å². The molecule has 0 radical (unpaired) electrons. The molecule has 1 aliphatic carbocycles. The van der Waals surface area contributed by atoms with E-state index in [2.05, 4.69) is 12.3 Å². The first-order chi connectivity index (χ1) is 7.24. The Hall–Kier alpha value is -0.800. The van der Waals surface area contributed by atoms with Crippen molar-refractivity contribution in [2.45, 2.75) is 45.1 Å². The molecule has 1 aromatic heterocycles. The molecule has 1 fully saturated rings. The Morgan fingerprint density at radius 2 is 2.27 bits per heavy atom. The van der Waals surface area contributed by atoms with Crippen LogP contribution in [0.4, 0.5) is 0 Å². The van der Waals surface area contributed by atoms with Gasteiger partial charge < -0.3 is 4.42 Å². The molecule has 0 aromatic carbocycles. The largest absolute Gasteiger partial charge is 0.469 e. The van der Waals surface area contributed by atoms with Crippen molar-refractivity contribution in [2.75, 3.05) is 0 Å². The monoisotopic (exact) mass is 208 g/mol. The number of nitrogens with two attached hydrogens (primary N) is 1. The molecule has 0 spiro atoms. The van der Waals surface area contributed by atoms with E-state index in [1.165, 1.54) is 25.7 Å². The van der Waals surface area contributed by atoms with E-state index in [1.807, 2.05) is 12.1 Å². The predicted octanol–water partition coefficient (Wildman–Crippen LogP) is 2.23. The average molecular weight is 208 g/mol. The SMILES string of the molecule is CC1(C(Cc2ccco2)NN)CCCC1. The number of furan rings is 1. The summed E-state index contributed by atoms with van der Waals surface area (Å²) < 4.78 is 5.37. The number of hydrogen-bond acceptors (Lipinski definition) is 3. The first-order valence-corrected chi connectivity index (χ1v) is 5.73. The highest BCUT2D eigenvalue weighted by atomic mass is 16.3. The highest BCUT2D eigenvalue weighted by molar-refractivity contribution is 5.04. The molecular weight excluding hydrogens is 188 g/mol. The summed E-state index contributed by atoms with van der Waals surface area (Å²) in [6.45, 7) is 2.33. The molecule has 0 amide bonds. The molecular formula is C12H20N2O. The minimum Gasteiger partial charge on any atom is -0.469 e. The van der Waals surface area contributed by atoms with Gasteiger partial charge in [-0.15, -0.1) is 0 Å². The van der Waals surface area contributed by atoms with Crippen LogP contribution in [0.5, 0.6) is 0 Å². The topological polar surface area (TPSA) is 51.2 Å². The third kappa shape index (κ3) is 2.24. The summed E-state index contributed by atoms with van der Waals surface area (Å²) in [7, 11) is 0. The van der Waals surface area contributed by atoms with Crippen molar-refractivity contribution < 1.29 is 4.42 Å². The van der Waals surface area contributed by atoms with Crippen molar-refractivity contribution in [3.63, 3.8) is 0 Å². The lowest BCUT2D eigenvalue weighted by atomic mass is 9.79. The van der Waals surface area contributed by atoms with E-state index in [4.69, 9.17) is 10.3 Å². The van der Waals surface area contributed by atoms with Crippen LogP contribution in [0.1, 0.15) is 38.4 Å². The van der Waals surface area contributed by atoms with Gasteiger partial charge in [0.1, 0.15) is 5.76 Å². The number of hydrazine groups is 1. The minimum absolute atomic E-state index is 0.325. The summed E-state index contributed by atoms with van der Waals surface area (Å²) >= 11 is 0. The lowest BCUT2D eigenvalue weighted by Gasteiger charge is -2.33. The fourth-order valence-electron chi connectivity index (χ4n) is 2.67. The molecule has 2 rings (SSSR count). The fourth-order valence-corrected chi connectivity index (χ4v) is 2.67. The normalized spacial score (nSPS) is 21.7. The van der Waals surface area contributed by atoms with E-state index in [0.29, 0.717) is 11.5 Å². The smallest absolute Gasteiger partial charge is 0.105 e. The molecule has 1 aliphatic rings. The van der Waals surface area contributed by atoms with E-state index in [-0.39, 0.29) is 0 Å². The molecule has 3 nitrogen and oxygen atoms in total. The van der Waals surface area contributed by atoms with E-state index < -0.39 is 0 Å². The standard InChI is InChI=1S/C12H20N2O/c1-12(6-2-3-7-12)11(14-13)9-10-5-4-8-15-10/h4-5,8,11,14H,2-3,6-7,9,13H2,1H3. The van der Waals surface area contributed by atoms with Gasteiger partial charge in [-0.05, 0) is 30.4 Å². The van der Waals surface area contributed by atoms with Gasteiger partial charge in [-0.3, -0.25) is 11.3 Å². The molecule has 84 valence electrons. The van der Waals surface area contributed by atoms with Crippen LogP contribution in [-0.4, -0.2) is 6.04 Å². The molecule has 1 aromatic rings. The summed E-state index contributed by atoms with van der Waals surface area (Å²) in [5, 5.41) is 0. The minimum atomic E-state index is 0.325. The van der Waals surface area contributed by atoms with Gasteiger partial charge in [-0.2, -0.15) is 0 Å². The third-order valence-electron chi connectivity index (χ3n) is 3.77. The second-order valence-electron chi connectivity index (χ2n) is 4.86. The van der Waals surface area contributed by atoms with Crippen LogP contribution < -0.4 is 11.3 Å². The Kier molecular flexibility index (Phi) is 3.12. The zero-order valence-corrected chi connectivity index (χ0v) is 9.33. The van der Waals surface area contributed by atoms with Crippen molar-refractivity contribution in [1.29, 1.82) is 0 Å². The van der Waals surface area contributed by atoms with Crippen molar-refractivity contribution in [2.24, 2.45) is 11.3 Å². The van der Waals surface area contributed by atoms with Crippen LogP contribution in [-0.2, 0) is 6.42 Å². The van der Waals surface area contributed by atoms with Crippen molar-refractivity contribution >= 4 is 0 Å². The molecule has 3 N–H and O–H groups in total. The Balaban J connectivity index is 2.03. The Morgan fingerprint density at radius 3 is 2.80 bits per heavy atom. The molecule has 0 aliphatic heterocycles. The fraction of sp³-hybridized carbons (Fsp3) is 0.667. The van der Waals surface area contributed by atoms with Gasteiger partial charge in [0.2, 0.25) is 0 Å². The average Bonchev–Trinajstić information content (AvgIpc) is 2.85. The van der Waals surface area contributed by atoms with Crippen LogP contribution in [0.15, 0.2) is 22.8 Å². The molecule has 1 heterocycles. The highest BCUT2D eigenvalue weighted by Gasteiger charge is 2.36.